The molecule has 0 spiro atoms. The second-order valence-electron chi connectivity index (χ2n) is 5.31. The van der Waals surface area contributed by atoms with Gasteiger partial charge in [-0.1, -0.05) is 0 Å². The SMILES string of the molecule is COc1ccc(C(O)COc2c(N)cc(CO)cc2OC)c(OC)c1. The third kappa shape index (κ3) is 4.26. The monoisotopic (exact) mass is 349 g/mol. The number of aliphatic hydroxyl groups excluding tert-OH is 2. The van der Waals surface area contributed by atoms with Crippen molar-refractivity contribution in [3.8, 4) is 23.0 Å². The maximum Gasteiger partial charge on any atom is 0.184 e. The number of hydrogen-bond acceptors (Lipinski definition) is 7. The Morgan fingerprint density at radius 2 is 1.72 bits per heavy atom. The van der Waals surface area contributed by atoms with Crippen LogP contribution in [0.25, 0.3) is 0 Å². The van der Waals surface area contributed by atoms with Gasteiger partial charge >= 0.3 is 0 Å². The van der Waals surface area contributed by atoms with E-state index in [2.05, 4.69) is 0 Å². The molecule has 136 valence electrons. The number of anilines is 1. The van der Waals surface area contributed by atoms with E-state index < -0.39 is 6.10 Å². The number of rotatable bonds is 8. The molecule has 0 amide bonds. The van der Waals surface area contributed by atoms with Crippen LogP contribution in [-0.4, -0.2) is 38.1 Å². The summed E-state index contributed by atoms with van der Waals surface area (Å²) in [5, 5.41) is 19.7. The van der Waals surface area contributed by atoms with Crippen molar-refractivity contribution >= 4 is 5.69 Å². The lowest BCUT2D eigenvalue weighted by Crippen LogP contribution is -2.12. The number of nitrogen functional groups attached to an aromatic ring is 1. The van der Waals surface area contributed by atoms with E-state index in [1.54, 1.807) is 37.4 Å². The molecular formula is C18H23NO6. The highest BCUT2D eigenvalue weighted by atomic mass is 16.5. The molecule has 7 nitrogen and oxygen atoms in total. The van der Waals surface area contributed by atoms with Crippen molar-refractivity contribution in [3.05, 3.63) is 41.5 Å². The highest BCUT2D eigenvalue weighted by Gasteiger charge is 2.18. The third-order valence-electron chi connectivity index (χ3n) is 3.73. The van der Waals surface area contributed by atoms with Crippen LogP contribution >= 0.6 is 0 Å². The van der Waals surface area contributed by atoms with Gasteiger partial charge in [-0.15, -0.1) is 0 Å². The molecule has 0 saturated carbocycles. The van der Waals surface area contributed by atoms with Gasteiger partial charge in [0.05, 0.1) is 33.6 Å². The molecule has 2 aromatic rings. The molecule has 0 saturated heterocycles. The molecule has 2 aromatic carbocycles. The van der Waals surface area contributed by atoms with Gasteiger partial charge in [-0.05, 0) is 29.8 Å². The molecule has 0 aliphatic carbocycles. The molecule has 0 aliphatic rings. The van der Waals surface area contributed by atoms with E-state index >= 15 is 0 Å². The molecule has 0 fully saturated rings. The predicted molar refractivity (Wildman–Crippen MR) is 93.3 cm³/mol. The zero-order chi connectivity index (χ0) is 18.4. The molecule has 4 N–H and O–H groups in total. The highest BCUT2D eigenvalue weighted by Crippen LogP contribution is 2.36. The molecule has 0 aromatic heterocycles. The molecule has 1 atom stereocenters. The maximum absolute atomic E-state index is 10.4. The first-order valence-electron chi connectivity index (χ1n) is 7.64. The van der Waals surface area contributed by atoms with E-state index in [-0.39, 0.29) is 13.2 Å². The van der Waals surface area contributed by atoms with Crippen molar-refractivity contribution in [2.24, 2.45) is 0 Å². The molecule has 0 heterocycles. The van der Waals surface area contributed by atoms with Crippen molar-refractivity contribution in [1.82, 2.24) is 0 Å². The molecule has 25 heavy (non-hydrogen) atoms. The lowest BCUT2D eigenvalue weighted by Gasteiger charge is -2.19. The highest BCUT2D eigenvalue weighted by molar-refractivity contribution is 5.62. The summed E-state index contributed by atoms with van der Waals surface area (Å²) in [6.45, 7) is -0.214. The first-order valence-corrected chi connectivity index (χ1v) is 7.64. The van der Waals surface area contributed by atoms with Gasteiger partial charge in [0.1, 0.15) is 24.2 Å². The molecule has 1 unspecified atom stereocenters. The van der Waals surface area contributed by atoms with Gasteiger partial charge in [-0.3, -0.25) is 0 Å². The second kappa shape index (κ2) is 8.46. The number of benzene rings is 2. The van der Waals surface area contributed by atoms with Crippen LogP contribution in [0.4, 0.5) is 5.69 Å². The van der Waals surface area contributed by atoms with E-state index in [4.69, 9.17) is 24.7 Å². The third-order valence-corrected chi connectivity index (χ3v) is 3.73. The van der Waals surface area contributed by atoms with Crippen LogP contribution in [0.2, 0.25) is 0 Å². The van der Waals surface area contributed by atoms with E-state index in [1.165, 1.54) is 14.2 Å². The van der Waals surface area contributed by atoms with Gasteiger partial charge in [-0.2, -0.15) is 0 Å². The normalized spacial score (nSPS) is 11.7. The number of hydrogen-bond donors (Lipinski definition) is 3. The molecule has 0 radical (unpaired) electrons. The Kier molecular flexibility index (Phi) is 6.32. The summed E-state index contributed by atoms with van der Waals surface area (Å²) >= 11 is 0. The summed E-state index contributed by atoms with van der Waals surface area (Å²) in [5.74, 6) is 1.81. The Labute approximate surface area is 146 Å². The first kappa shape index (κ1) is 18.7. The Hall–Kier alpha value is -2.64. The average Bonchev–Trinajstić information content (AvgIpc) is 2.65. The topological polar surface area (TPSA) is 103 Å². The van der Waals surface area contributed by atoms with Crippen molar-refractivity contribution < 1.29 is 29.2 Å². The van der Waals surface area contributed by atoms with Crippen LogP contribution in [0.5, 0.6) is 23.0 Å². The Bertz CT molecular complexity index is 719. The molecule has 0 aliphatic heterocycles. The maximum atomic E-state index is 10.4. The van der Waals surface area contributed by atoms with Gasteiger partial charge in [0.2, 0.25) is 0 Å². The van der Waals surface area contributed by atoms with E-state index in [0.717, 1.165) is 0 Å². The summed E-state index contributed by atoms with van der Waals surface area (Å²) in [7, 11) is 4.55. The fourth-order valence-electron chi connectivity index (χ4n) is 2.43. The molecule has 0 bridgehead atoms. The number of nitrogens with two attached hydrogens (primary N) is 1. The first-order chi connectivity index (χ1) is 12.0. The predicted octanol–water partition coefficient (Wildman–Crippen LogP) is 1.90. The molecule has 7 heteroatoms. The summed E-state index contributed by atoms with van der Waals surface area (Å²) < 4.78 is 21.3. The van der Waals surface area contributed by atoms with Crippen LogP contribution in [0.3, 0.4) is 0 Å². The van der Waals surface area contributed by atoms with Crippen LogP contribution in [0, 0.1) is 0 Å². The molecular weight excluding hydrogens is 326 g/mol. The fourth-order valence-corrected chi connectivity index (χ4v) is 2.43. The summed E-state index contributed by atoms with van der Waals surface area (Å²) in [5.41, 5.74) is 7.44. The second-order valence-corrected chi connectivity index (χ2v) is 5.31. The number of aliphatic hydroxyl groups is 2. The number of ether oxygens (including phenoxy) is 4. The minimum atomic E-state index is -0.942. The van der Waals surface area contributed by atoms with Crippen molar-refractivity contribution in [1.29, 1.82) is 0 Å². The summed E-state index contributed by atoms with van der Waals surface area (Å²) in [6.07, 6.45) is -0.942. The fraction of sp³-hybridized carbons (Fsp3) is 0.333. The van der Waals surface area contributed by atoms with Crippen LogP contribution < -0.4 is 24.7 Å². The van der Waals surface area contributed by atoms with E-state index in [0.29, 0.717) is 39.8 Å². The van der Waals surface area contributed by atoms with Gasteiger partial charge in [0.25, 0.3) is 0 Å². The van der Waals surface area contributed by atoms with Crippen molar-refractivity contribution in [3.63, 3.8) is 0 Å². The Balaban J connectivity index is 2.19. The zero-order valence-corrected chi connectivity index (χ0v) is 14.5. The number of methoxy groups -OCH3 is 3. The minimum absolute atomic E-state index is 0.0538. The quantitative estimate of drug-likeness (QED) is 0.625. The minimum Gasteiger partial charge on any atom is -0.497 e. The van der Waals surface area contributed by atoms with Crippen LogP contribution in [-0.2, 0) is 6.61 Å². The van der Waals surface area contributed by atoms with Gasteiger partial charge < -0.3 is 34.9 Å². The molecule has 2 rings (SSSR count). The standard InChI is InChI=1S/C18H23NO6/c1-22-12-4-5-13(16(8-12)23-2)15(21)10-25-18-14(19)6-11(9-20)7-17(18)24-3/h4-8,15,20-21H,9-10,19H2,1-3H3. The van der Waals surface area contributed by atoms with Crippen molar-refractivity contribution in [2.75, 3.05) is 33.7 Å². The van der Waals surface area contributed by atoms with Gasteiger partial charge in [0.15, 0.2) is 11.5 Å². The van der Waals surface area contributed by atoms with Crippen LogP contribution in [0.15, 0.2) is 30.3 Å². The summed E-state index contributed by atoms with van der Waals surface area (Å²) in [6, 6.07) is 8.35. The van der Waals surface area contributed by atoms with E-state index in [1.807, 2.05) is 0 Å². The van der Waals surface area contributed by atoms with E-state index in [9.17, 15) is 10.2 Å². The lowest BCUT2D eigenvalue weighted by molar-refractivity contribution is 0.104. The lowest BCUT2D eigenvalue weighted by atomic mass is 10.1. The smallest absolute Gasteiger partial charge is 0.184 e. The van der Waals surface area contributed by atoms with Crippen LogP contribution in [0.1, 0.15) is 17.2 Å². The Morgan fingerprint density at radius 3 is 2.32 bits per heavy atom. The van der Waals surface area contributed by atoms with Gasteiger partial charge in [0, 0.05) is 11.6 Å². The average molecular weight is 349 g/mol. The largest absolute Gasteiger partial charge is 0.497 e. The summed E-state index contributed by atoms with van der Waals surface area (Å²) in [4.78, 5) is 0. The van der Waals surface area contributed by atoms with Gasteiger partial charge in [-0.25, -0.2) is 0 Å². The Morgan fingerprint density at radius 1 is 1.00 bits per heavy atom. The van der Waals surface area contributed by atoms with Crippen molar-refractivity contribution in [2.45, 2.75) is 12.7 Å². The zero-order valence-electron chi connectivity index (χ0n) is 14.5.